The molecule has 0 amide bonds. The lowest BCUT2D eigenvalue weighted by Gasteiger charge is -2.39. The maximum atomic E-state index is 5.97. The molecule has 3 aromatic rings. The van der Waals surface area contributed by atoms with Crippen LogP contribution < -0.4 is 14.5 Å². The Labute approximate surface area is 180 Å². The second kappa shape index (κ2) is 7.93. The molecule has 2 aliphatic heterocycles. The van der Waals surface area contributed by atoms with Crippen LogP contribution in [0.3, 0.4) is 0 Å². The molecule has 0 radical (unpaired) electrons. The fraction of sp³-hybridized carbons (Fsp3) is 0.0400. The van der Waals surface area contributed by atoms with Gasteiger partial charge >= 0.3 is 0 Å². The van der Waals surface area contributed by atoms with Gasteiger partial charge in [-0.25, -0.2) is 4.99 Å². The smallest absolute Gasteiger partial charge is 0.225 e. The van der Waals surface area contributed by atoms with Crippen molar-refractivity contribution in [3.63, 3.8) is 0 Å². The minimum atomic E-state index is 0.253. The quantitative estimate of drug-likeness (QED) is 0.484. The van der Waals surface area contributed by atoms with E-state index in [4.69, 9.17) is 9.47 Å². The molecule has 0 aromatic heterocycles. The molecule has 0 saturated carbocycles. The largest absolute Gasteiger partial charge is 0.494 e. The number of para-hydroxylation sites is 3. The first-order valence-electron chi connectivity index (χ1n) is 9.91. The molecule has 0 fully saturated rings. The van der Waals surface area contributed by atoms with Crippen LogP contribution in [0.2, 0.25) is 0 Å². The van der Waals surface area contributed by atoms with E-state index in [1.54, 1.807) is 13.3 Å². The number of nitrogens with zero attached hydrogens (tertiary/aromatic N) is 4. The number of aliphatic imine (C=N–C) groups is 2. The van der Waals surface area contributed by atoms with E-state index in [2.05, 4.69) is 15.0 Å². The van der Waals surface area contributed by atoms with Crippen LogP contribution in [0.25, 0.3) is 0 Å². The summed E-state index contributed by atoms with van der Waals surface area (Å²) in [6, 6.07) is 25.6. The van der Waals surface area contributed by atoms with Gasteiger partial charge in [0.15, 0.2) is 6.20 Å². The average molecular weight is 409 g/mol. The minimum absolute atomic E-state index is 0.253. The first-order valence-corrected chi connectivity index (χ1v) is 9.91. The van der Waals surface area contributed by atoms with Gasteiger partial charge in [-0.1, -0.05) is 30.3 Å². The number of benzene rings is 3. The van der Waals surface area contributed by atoms with Crippen LogP contribution in [0.1, 0.15) is 0 Å². The summed E-state index contributed by atoms with van der Waals surface area (Å²) in [7, 11) is 1.68. The molecule has 3 aromatic carbocycles. The first kappa shape index (κ1) is 18.8. The van der Waals surface area contributed by atoms with Gasteiger partial charge in [-0.3, -0.25) is 4.99 Å². The number of hydrogen-bond acceptors (Lipinski definition) is 5. The maximum Gasteiger partial charge on any atom is 0.225 e. The average Bonchev–Trinajstić information content (AvgIpc) is 3.26. The number of quaternary nitrogens is 1. The van der Waals surface area contributed by atoms with Crippen molar-refractivity contribution in [3.8, 4) is 17.2 Å². The molecule has 5 rings (SSSR count). The van der Waals surface area contributed by atoms with E-state index in [1.165, 1.54) is 0 Å². The second-order valence-corrected chi connectivity index (χ2v) is 7.03. The molecule has 0 N–H and O–H groups in total. The number of allylic oxidation sites excluding steroid dienone is 1. The normalized spacial score (nSPS) is 18.4. The van der Waals surface area contributed by atoms with Crippen molar-refractivity contribution in [1.82, 2.24) is 0 Å². The Hall–Kier alpha value is -4.16. The molecule has 2 heterocycles. The highest BCUT2D eigenvalue weighted by Crippen LogP contribution is 2.42. The zero-order valence-electron chi connectivity index (χ0n) is 17.0. The lowest BCUT2D eigenvalue weighted by atomic mass is 10.2. The van der Waals surface area contributed by atoms with Crippen molar-refractivity contribution >= 4 is 23.9 Å². The van der Waals surface area contributed by atoms with Crippen LogP contribution in [-0.2, 0) is 0 Å². The van der Waals surface area contributed by atoms with Crippen LogP contribution in [0.15, 0.2) is 113 Å². The third-order valence-electron chi connectivity index (χ3n) is 5.15. The van der Waals surface area contributed by atoms with E-state index < -0.39 is 0 Å². The van der Waals surface area contributed by atoms with Crippen molar-refractivity contribution in [3.05, 3.63) is 103 Å². The maximum absolute atomic E-state index is 5.97. The summed E-state index contributed by atoms with van der Waals surface area (Å²) in [6.45, 7) is 0. The zero-order chi connectivity index (χ0) is 21.1. The highest BCUT2D eigenvalue weighted by molar-refractivity contribution is 5.84. The Balaban J connectivity index is 1.59. The molecular weight excluding hydrogens is 388 g/mol. The van der Waals surface area contributed by atoms with Crippen LogP contribution >= 0.6 is 0 Å². The fourth-order valence-corrected chi connectivity index (χ4v) is 3.71. The van der Waals surface area contributed by atoms with Crippen molar-refractivity contribution in [1.29, 1.82) is 0 Å². The van der Waals surface area contributed by atoms with Gasteiger partial charge in [-0.2, -0.15) is 5.01 Å². The summed E-state index contributed by atoms with van der Waals surface area (Å²) in [5.41, 5.74) is 2.78. The zero-order valence-corrected chi connectivity index (χ0v) is 17.0. The second-order valence-electron chi connectivity index (χ2n) is 7.03. The highest BCUT2D eigenvalue weighted by Gasteiger charge is 2.43. The van der Waals surface area contributed by atoms with Crippen LogP contribution in [0, 0.1) is 0 Å². The molecule has 6 nitrogen and oxygen atoms in total. The summed E-state index contributed by atoms with van der Waals surface area (Å²) in [5.74, 6) is 2.32. The standard InChI is InChI=1S/C25H21N4O2/c1-30-25-10-6-5-9-24(25)28(29-16-15-26-17-21(29)18-27-19-29)20-11-13-23(14-12-20)31-22-7-3-2-4-8-22/h2-19H,1H3/q+1. The molecule has 0 saturated heterocycles. The number of anilines is 2. The molecule has 0 bridgehead atoms. The molecule has 31 heavy (non-hydrogen) atoms. The highest BCUT2D eigenvalue weighted by atomic mass is 16.5. The number of rotatable bonds is 6. The fourth-order valence-electron chi connectivity index (χ4n) is 3.71. The van der Waals surface area contributed by atoms with Crippen molar-refractivity contribution in [2.45, 2.75) is 0 Å². The van der Waals surface area contributed by atoms with Gasteiger partial charge < -0.3 is 9.47 Å². The number of hydrogen-bond donors (Lipinski definition) is 0. The van der Waals surface area contributed by atoms with Crippen molar-refractivity contribution in [2.75, 3.05) is 12.1 Å². The van der Waals surface area contributed by atoms with E-state index >= 15 is 0 Å². The van der Waals surface area contributed by atoms with Crippen LogP contribution in [0.4, 0.5) is 11.4 Å². The van der Waals surface area contributed by atoms with E-state index in [-0.39, 0.29) is 4.59 Å². The lowest BCUT2D eigenvalue weighted by Crippen LogP contribution is -2.52. The summed E-state index contributed by atoms with van der Waals surface area (Å²) >= 11 is 0. The van der Waals surface area contributed by atoms with Crippen LogP contribution in [0.5, 0.6) is 17.2 Å². The van der Waals surface area contributed by atoms with Gasteiger partial charge in [0, 0.05) is 0 Å². The Morgan fingerprint density at radius 3 is 2.35 bits per heavy atom. The van der Waals surface area contributed by atoms with Gasteiger partial charge in [0.2, 0.25) is 12.0 Å². The molecular formula is C25H21N4O2+. The summed E-state index contributed by atoms with van der Waals surface area (Å²) < 4.78 is 11.9. The monoisotopic (exact) mass is 409 g/mol. The third-order valence-corrected chi connectivity index (χ3v) is 5.15. The molecule has 6 heteroatoms. The van der Waals surface area contributed by atoms with Gasteiger partial charge in [0.05, 0.1) is 31.4 Å². The Morgan fingerprint density at radius 2 is 1.55 bits per heavy atom. The molecule has 1 atom stereocenters. The van der Waals surface area contributed by atoms with Crippen LogP contribution in [-0.4, -0.2) is 24.3 Å². The van der Waals surface area contributed by atoms with Gasteiger partial charge in [-0.15, -0.1) is 4.59 Å². The Kier molecular flexibility index (Phi) is 4.82. The first-order chi connectivity index (χ1) is 15.3. The number of ether oxygens (including phenoxy) is 2. The number of methoxy groups -OCH3 is 1. The minimum Gasteiger partial charge on any atom is -0.494 e. The van der Waals surface area contributed by atoms with Crippen molar-refractivity contribution in [2.24, 2.45) is 9.98 Å². The molecule has 2 aliphatic rings. The Bertz CT molecular complexity index is 1200. The SMILES string of the molecule is COc1ccccc1N(c1ccc(Oc2ccccc2)cc1)[N+]12C=CN=CC1=CN=C2. The predicted molar refractivity (Wildman–Crippen MR) is 123 cm³/mol. The van der Waals surface area contributed by atoms with Gasteiger partial charge in [-0.05, 0) is 48.5 Å². The van der Waals surface area contributed by atoms with Gasteiger partial charge in [0.25, 0.3) is 0 Å². The third kappa shape index (κ3) is 3.39. The van der Waals surface area contributed by atoms with E-state index in [1.807, 2.05) is 104 Å². The van der Waals surface area contributed by atoms with E-state index in [0.717, 1.165) is 34.3 Å². The molecule has 1 unspecified atom stereocenters. The summed E-state index contributed by atoms with van der Waals surface area (Å²) in [4.78, 5) is 8.73. The van der Waals surface area contributed by atoms with Crippen molar-refractivity contribution < 1.29 is 14.1 Å². The van der Waals surface area contributed by atoms with E-state index in [0.29, 0.717) is 0 Å². The summed E-state index contributed by atoms with van der Waals surface area (Å²) in [6.07, 6.45) is 9.29. The summed E-state index contributed by atoms with van der Waals surface area (Å²) in [5, 5.41) is 2.15. The molecule has 0 aliphatic carbocycles. The predicted octanol–water partition coefficient (Wildman–Crippen LogP) is 5.80. The Morgan fingerprint density at radius 1 is 0.806 bits per heavy atom. The van der Waals surface area contributed by atoms with Gasteiger partial charge in [0.1, 0.15) is 22.9 Å². The topological polar surface area (TPSA) is 46.4 Å². The number of fused-ring (bicyclic) bond motifs is 1. The molecule has 152 valence electrons. The molecule has 0 spiro atoms. The lowest BCUT2D eigenvalue weighted by molar-refractivity contribution is -0.734. The van der Waals surface area contributed by atoms with E-state index in [9.17, 15) is 0 Å².